The first-order valence-corrected chi connectivity index (χ1v) is 6.17. The molecule has 1 aromatic heterocycles. The Hall–Kier alpha value is -2.00. The monoisotopic (exact) mass is 284 g/mol. The molecule has 0 spiro atoms. The first kappa shape index (κ1) is 14.4. The van der Waals surface area contributed by atoms with Gasteiger partial charge in [-0.1, -0.05) is 0 Å². The molecule has 1 aliphatic heterocycles. The zero-order valence-electron chi connectivity index (χ0n) is 11.4. The third-order valence-electron chi connectivity index (χ3n) is 3.42. The maximum absolute atomic E-state index is 11.9. The summed E-state index contributed by atoms with van der Waals surface area (Å²) >= 11 is 0. The number of hydrogen-bond acceptors (Lipinski definition) is 6. The van der Waals surface area contributed by atoms with Crippen molar-refractivity contribution in [3.05, 3.63) is 36.6 Å². The predicted molar refractivity (Wildman–Crippen MR) is 69.7 cm³/mol. The van der Waals surface area contributed by atoms with Crippen LogP contribution < -0.4 is 11.2 Å². The molecule has 2 rings (SSSR count). The number of aromatic nitrogens is 2. The number of hydrogen-bond donors (Lipinski definition) is 0. The Kier molecular flexibility index (Phi) is 4.00. The molecule has 0 aliphatic carbocycles. The van der Waals surface area contributed by atoms with Crippen LogP contribution in [0.1, 0.15) is 5.69 Å². The molecular formula is C11H16N4O5. The van der Waals surface area contributed by atoms with E-state index in [9.17, 15) is 19.7 Å². The third-order valence-corrected chi connectivity index (χ3v) is 3.42. The normalized spacial score (nSPS) is 16.3. The van der Waals surface area contributed by atoms with Crippen molar-refractivity contribution in [1.29, 1.82) is 0 Å². The van der Waals surface area contributed by atoms with Crippen molar-refractivity contribution < 1.29 is 9.66 Å². The number of nitrogens with zero attached hydrogens (tertiary/aromatic N) is 4. The second-order valence-corrected chi connectivity index (χ2v) is 4.65. The van der Waals surface area contributed by atoms with Crippen molar-refractivity contribution in [2.45, 2.75) is 6.54 Å². The molecule has 1 aromatic rings. The number of ether oxygens (including phenoxy) is 1. The molecule has 2 heterocycles. The highest BCUT2D eigenvalue weighted by Crippen LogP contribution is 2.14. The minimum absolute atomic E-state index is 0.130. The smallest absolute Gasteiger partial charge is 0.354 e. The summed E-state index contributed by atoms with van der Waals surface area (Å²) in [6.07, 6.45) is 0. The van der Waals surface area contributed by atoms with Crippen molar-refractivity contribution in [3.63, 3.8) is 0 Å². The second kappa shape index (κ2) is 5.55. The van der Waals surface area contributed by atoms with Gasteiger partial charge in [-0.25, -0.2) is 4.79 Å². The average Bonchev–Trinajstić information content (AvgIpc) is 2.43. The molecular weight excluding hydrogens is 268 g/mol. The molecule has 0 bridgehead atoms. The summed E-state index contributed by atoms with van der Waals surface area (Å²) in [6.45, 7) is 2.47. The number of nitro groups is 1. The van der Waals surface area contributed by atoms with Crippen molar-refractivity contribution in [2.24, 2.45) is 14.1 Å². The van der Waals surface area contributed by atoms with Crippen molar-refractivity contribution in [3.8, 4) is 0 Å². The first-order chi connectivity index (χ1) is 9.43. The van der Waals surface area contributed by atoms with Gasteiger partial charge in [-0.3, -0.25) is 28.9 Å². The fourth-order valence-corrected chi connectivity index (χ4v) is 2.20. The van der Waals surface area contributed by atoms with Gasteiger partial charge in [0.25, 0.3) is 0 Å². The van der Waals surface area contributed by atoms with Crippen molar-refractivity contribution >= 4 is 5.69 Å². The van der Waals surface area contributed by atoms with E-state index >= 15 is 0 Å². The van der Waals surface area contributed by atoms with Gasteiger partial charge in [0.1, 0.15) is 5.69 Å². The van der Waals surface area contributed by atoms with Gasteiger partial charge in [0.15, 0.2) is 0 Å². The molecule has 0 unspecified atom stereocenters. The van der Waals surface area contributed by atoms with Gasteiger partial charge < -0.3 is 4.74 Å². The van der Waals surface area contributed by atoms with Crippen LogP contribution in [0.5, 0.6) is 0 Å². The highest BCUT2D eigenvalue weighted by molar-refractivity contribution is 5.33. The van der Waals surface area contributed by atoms with Crippen LogP contribution in [0, 0.1) is 10.1 Å². The lowest BCUT2D eigenvalue weighted by atomic mass is 10.3. The molecule has 20 heavy (non-hydrogen) atoms. The zero-order chi connectivity index (χ0) is 14.9. The Morgan fingerprint density at radius 3 is 2.35 bits per heavy atom. The summed E-state index contributed by atoms with van der Waals surface area (Å²) in [7, 11) is 2.67. The van der Waals surface area contributed by atoms with E-state index < -0.39 is 21.9 Å². The largest absolute Gasteiger partial charge is 0.379 e. The lowest BCUT2D eigenvalue weighted by molar-refractivity contribution is -0.388. The highest BCUT2D eigenvalue weighted by Gasteiger charge is 2.27. The zero-order valence-corrected chi connectivity index (χ0v) is 11.4. The maximum Gasteiger partial charge on any atom is 0.354 e. The van der Waals surface area contributed by atoms with Gasteiger partial charge in [0.05, 0.1) is 18.1 Å². The van der Waals surface area contributed by atoms with Gasteiger partial charge in [-0.2, -0.15) is 0 Å². The van der Waals surface area contributed by atoms with Crippen LogP contribution in [-0.2, 0) is 25.4 Å². The number of rotatable bonds is 3. The van der Waals surface area contributed by atoms with Crippen LogP contribution in [0.2, 0.25) is 0 Å². The van der Waals surface area contributed by atoms with Crippen LogP contribution >= 0.6 is 0 Å². The van der Waals surface area contributed by atoms with Gasteiger partial charge >= 0.3 is 16.9 Å². The average molecular weight is 284 g/mol. The Balaban J connectivity index is 2.52. The Bertz CT molecular complexity index is 641. The van der Waals surface area contributed by atoms with Crippen molar-refractivity contribution in [1.82, 2.24) is 14.0 Å². The maximum atomic E-state index is 11.9. The summed E-state index contributed by atoms with van der Waals surface area (Å²) in [5, 5.41) is 11.1. The fourth-order valence-electron chi connectivity index (χ4n) is 2.20. The van der Waals surface area contributed by atoms with Crippen LogP contribution in [0.15, 0.2) is 9.59 Å². The van der Waals surface area contributed by atoms with E-state index in [4.69, 9.17) is 4.74 Å². The minimum atomic E-state index is -0.874. The molecule has 1 fully saturated rings. The molecule has 1 aliphatic rings. The predicted octanol–water partition coefficient (Wildman–Crippen LogP) is -1.18. The molecule has 0 saturated carbocycles. The third kappa shape index (κ3) is 2.49. The molecule has 0 radical (unpaired) electrons. The summed E-state index contributed by atoms with van der Waals surface area (Å²) in [6, 6.07) is 0. The molecule has 1 saturated heterocycles. The lowest BCUT2D eigenvalue weighted by Crippen LogP contribution is -2.43. The SMILES string of the molecule is Cn1c(CN2CCOCC2)c([N+](=O)[O-])c(=O)n(C)c1=O. The summed E-state index contributed by atoms with van der Waals surface area (Å²) in [4.78, 5) is 36.1. The van der Waals surface area contributed by atoms with Crippen LogP contribution in [0.4, 0.5) is 5.69 Å². The second-order valence-electron chi connectivity index (χ2n) is 4.65. The van der Waals surface area contributed by atoms with E-state index in [0.717, 1.165) is 9.13 Å². The summed E-state index contributed by atoms with van der Waals surface area (Å²) < 4.78 is 7.11. The molecule has 9 nitrogen and oxygen atoms in total. The van der Waals surface area contributed by atoms with E-state index in [0.29, 0.717) is 26.3 Å². The van der Waals surface area contributed by atoms with E-state index in [1.165, 1.54) is 14.1 Å². The lowest BCUT2D eigenvalue weighted by Gasteiger charge is -2.26. The molecule has 0 N–H and O–H groups in total. The van der Waals surface area contributed by atoms with E-state index in [1.54, 1.807) is 0 Å². The number of morpholine rings is 1. The Morgan fingerprint density at radius 1 is 1.20 bits per heavy atom. The summed E-state index contributed by atoms with van der Waals surface area (Å²) in [5.41, 5.74) is -1.85. The quantitative estimate of drug-likeness (QED) is 0.512. The summed E-state index contributed by atoms with van der Waals surface area (Å²) in [5.74, 6) is 0. The van der Waals surface area contributed by atoms with Gasteiger partial charge in [-0.15, -0.1) is 0 Å². The molecule has 9 heteroatoms. The Labute approximate surface area is 114 Å². The van der Waals surface area contributed by atoms with Gasteiger partial charge in [0, 0.05) is 33.7 Å². The minimum Gasteiger partial charge on any atom is -0.379 e. The fraction of sp³-hybridized carbons (Fsp3) is 0.636. The Morgan fingerprint density at radius 2 is 1.80 bits per heavy atom. The van der Waals surface area contributed by atoms with Crippen LogP contribution in [0.25, 0.3) is 0 Å². The molecule has 0 amide bonds. The topological polar surface area (TPSA) is 99.6 Å². The van der Waals surface area contributed by atoms with Gasteiger partial charge in [0.2, 0.25) is 0 Å². The van der Waals surface area contributed by atoms with E-state index in [2.05, 4.69) is 0 Å². The van der Waals surface area contributed by atoms with Crippen LogP contribution in [-0.4, -0.2) is 45.3 Å². The van der Waals surface area contributed by atoms with Crippen molar-refractivity contribution in [2.75, 3.05) is 26.3 Å². The highest BCUT2D eigenvalue weighted by atomic mass is 16.6. The van der Waals surface area contributed by atoms with Crippen LogP contribution in [0.3, 0.4) is 0 Å². The molecule has 0 aromatic carbocycles. The standard InChI is InChI=1S/C11H16N4O5/c1-12-8(7-14-3-5-20-6-4-14)9(15(18)19)10(16)13(2)11(12)17/h3-7H2,1-2H3. The first-order valence-electron chi connectivity index (χ1n) is 6.17. The van der Waals surface area contributed by atoms with E-state index in [-0.39, 0.29) is 12.2 Å². The molecule has 110 valence electrons. The van der Waals surface area contributed by atoms with E-state index in [1.807, 2.05) is 4.90 Å². The molecule has 0 atom stereocenters. The van der Waals surface area contributed by atoms with Gasteiger partial charge in [-0.05, 0) is 0 Å².